The minimum absolute atomic E-state index is 0.0940. The number of benzene rings is 1. The summed E-state index contributed by atoms with van der Waals surface area (Å²) >= 11 is 11.8. The summed E-state index contributed by atoms with van der Waals surface area (Å²) in [7, 11) is 1.35. The van der Waals surface area contributed by atoms with Crippen LogP contribution in [0.4, 0.5) is 0 Å². The van der Waals surface area contributed by atoms with E-state index in [0.717, 1.165) is 18.4 Å². The lowest BCUT2D eigenvalue weighted by Crippen LogP contribution is -2.49. The van der Waals surface area contributed by atoms with Gasteiger partial charge in [0, 0.05) is 6.54 Å². The smallest absolute Gasteiger partial charge is 0.328 e. The van der Waals surface area contributed by atoms with Crippen LogP contribution in [-0.4, -0.2) is 36.5 Å². The highest BCUT2D eigenvalue weighted by Crippen LogP contribution is 2.24. The molecule has 0 unspecified atom stereocenters. The first-order valence-corrected chi connectivity index (χ1v) is 7.59. The molecule has 114 valence electrons. The summed E-state index contributed by atoms with van der Waals surface area (Å²) in [6.45, 7) is 0.583. The van der Waals surface area contributed by atoms with Gasteiger partial charge in [-0.25, -0.2) is 4.79 Å². The van der Waals surface area contributed by atoms with Crippen molar-refractivity contribution in [2.45, 2.75) is 31.7 Å². The number of nitrogens with zero attached hydrogens (tertiary/aromatic N) is 1. The molecule has 0 aromatic heterocycles. The molecule has 1 aromatic carbocycles. The Labute approximate surface area is 134 Å². The Morgan fingerprint density at radius 1 is 1.29 bits per heavy atom. The lowest BCUT2D eigenvalue weighted by molar-refractivity contribution is -0.154. The molecule has 2 rings (SSSR count). The topological polar surface area (TPSA) is 46.6 Å². The van der Waals surface area contributed by atoms with Gasteiger partial charge in [-0.15, -0.1) is 0 Å². The number of piperidine rings is 1. The summed E-state index contributed by atoms with van der Waals surface area (Å²) in [5.41, 5.74) is 0.781. The van der Waals surface area contributed by atoms with Gasteiger partial charge in [-0.3, -0.25) is 4.79 Å². The number of hydrogen-bond acceptors (Lipinski definition) is 3. The molecule has 1 heterocycles. The summed E-state index contributed by atoms with van der Waals surface area (Å²) in [5.74, 6) is -0.444. The molecule has 1 aliphatic heterocycles. The van der Waals surface area contributed by atoms with Crippen molar-refractivity contribution in [3.63, 3.8) is 0 Å². The zero-order chi connectivity index (χ0) is 15.4. The predicted octanol–water partition coefficient (Wildman–Crippen LogP) is 3.09. The SMILES string of the molecule is COC(=O)[C@H]1CCCCN1C(=O)Cc1ccc(Cl)c(Cl)c1. The summed E-state index contributed by atoms with van der Waals surface area (Å²) in [6, 6.07) is 4.64. The monoisotopic (exact) mass is 329 g/mol. The number of likely N-dealkylation sites (tertiary alicyclic amines) is 1. The van der Waals surface area contributed by atoms with Crippen LogP contribution in [0.1, 0.15) is 24.8 Å². The van der Waals surface area contributed by atoms with Gasteiger partial charge >= 0.3 is 5.97 Å². The minimum atomic E-state index is -0.473. The van der Waals surface area contributed by atoms with Gasteiger partial charge in [-0.05, 0) is 37.0 Å². The number of halogens is 2. The van der Waals surface area contributed by atoms with Gasteiger partial charge in [-0.1, -0.05) is 29.3 Å². The first-order chi connectivity index (χ1) is 10.0. The van der Waals surface area contributed by atoms with Crippen LogP contribution in [-0.2, 0) is 20.7 Å². The van der Waals surface area contributed by atoms with E-state index in [0.29, 0.717) is 23.0 Å². The number of rotatable bonds is 3. The molecular formula is C15H17Cl2NO3. The average molecular weight is 330 g/mol. The second-order valence-corrected chi connectivity index (χ2v) is 5.86. The molecule has 0 bridgehead atoms. The van der Waals surface area contributed by atoms with E-state index in [4.69, 9.17) is 27.9 Å². The second kappa shape index (κ2) is 7.14. The molecule has 1 aromatic rings. The van der Waals surface area contributed by atoms with E-state index >= 15 is 0 Å². The van der Waals surface area contributed by atoms with Gasteiger partial charge in [0.05, 0.1) is 23.6 Å². The van der Waals surface area contributed by atoms with Crippen LogP contribution in [0.2, 0.25) is 10.0 Å². The van der Waals surface area contributed by atoms with Crippen molar-refractivity contribution < 1.29 is 14.3 Å². The van der Waals surface area contributed by atoms with E-state index in [1.807, 2.05) is 0 Å². The lowest BCUT2D eigenvalue weighted by Gasteiger charge is -2.33. The van der Waals surface area contributed by atoms with Crippen LogP contribution in [0.15, 0.2) is 18.2 Å². The van der Waals surface area contributed by atoms with E-state index < -0.39 is 6.04 Å². The first-order valence-electron chi connectivity index (χ1n) is 6.84. The highest BCUT2D eigenvalue weighted by molar-refractivity contribution is 6.42. The quantitative estimate of drug-likeness (QED) is 0.800. The van der Waals surface area contributed by atoms with Crippen molar-refractivity contribution in [1.82, 2.24) is 4.90 Å². The van der Waals surface area contributed by atoms with E-state index in [-0.39, 0.29) is 18.3 Å². The number of ether oxygens (including phenoxy) is 1. The molecule has 4 nitrogen and oxygen atoms in total. The van der Waals surface area contributed by atoms with Crippen molar-refractivity contribution in [1.29, 1.82) is 0 Å². The molecule has 0 N–H and O–H groups in total. The Bertz CT molecular complexity index is 548. The molecule has 1 aliphatic rings. The van der Waals surface area contributed by atoms with Crippen LogP contribution in [0.3, 0.4) is 0 Å². The number of hydrogen-bond donors (Lipinski definition) is 0. The normalized spacial score (nSPS) is 18.4. The van der Waals surface area contributed by atoms with Crippen molar-refractivity contribution in [2.24, 2.45) is 0 Å². The summed E-state index contributed by atoms with van der Waals surface area (Å²) < 4.78 is 4.78. The standard InChI is InChI=1S/C15H17Cl2NO3/c1-21-15(20)13-4-2-3-7-18(13)14(19)9-10-5-6-11(16)12(17)8-10/h5-6,8,13H,2-4,7,9H2,1H3/t13-/m1/s1. The fraction of sp³-hybridized carbons (Fsp3) is 0.467. The van der Waals surface area contributed by atoms with E-state index in [9.17, 15) is 9.59 Å². The average Bonchev–Trinajstić information content (AvgIpc) is 2.50. The van der Waals surface area contributed by atoms with Crippen molar-refractivity contribution in [2.75, 3.05) is 13.7 Å². The summed E-state index contributed by atoms with van der Waals surface area (Å²) in [4.78, 5) is 25.8. The minimum Gasteiger partial charge on any atom is -0.467 e. The van der Waals surface area contributed by atoms with E-state index in [1.165, 1.54) is 7.11 Å². The third-order valence-electron chi connectivity index (χ3n) is 3.64. The maximum absolute atomic E-state index is 12.4. The number of carbonyl (C=O) groups is 2. The second-order valence-electron chi connectivity index (χ2n) is 5.05. The summed E-state index contributed by atoms with van der Waals surface area (Å²) in [5, 5.41) is 0.878. The molecule has 1 saturated heterocycles. The van der Waals surface area contributed by atoms with Crippen molar-refractivity contribution in [3.05, 3.63) is 33.8 Å². The van der Waals surface area contributed by atoms with Crippen molar-refractivity contribution in [3.8, 4) is 0 Å². The van der Waals surface area contributed by atoms with Gasteiger partial charge in [-0.2, -0.15) is 0 Å². The predicted molar refractivity (Wildman–Crippen MR) is 81.5 cm³/mol. The maximum atomic E-state index is 12.4. The van der Waals surface area contributed by atoms with Crippen LogP contribution < -0.4 is 0 Å². The molecule has 1 atom stereocenters. The summed E-state index contributed by atoms with van der Waals surface area (Å²) in [6.07, 6.45) is 2.68. The Morgan fingerprint density at radius 2 is 2.05 bits per heavy atom. The van der Waals surface area contributed by atoms with Gasteiger partial charge in [0.1, 0.15) is 6.04 Å². The lowest BCUT2D eigenvalue weighted by atomic mass is 10.0. The molecule has 0 aliphatic carbocycles. The fourth-order valence-corrected chi connectivity index (χ4v) is 2.86. The van der Waals surface area contributed by atoms with E-state index in [2.05, 4.69) is 0 Å². The molecule has 0 spiro atoms. The number of methoxy groups -OCH3 is 1. The Balaban J connectivity index is 2.10. The third kappa shape index (κ3) is 3.89. The molecule has 1 amide bonds. The Morgan fingerprint density at radius 3 is 2.71 bits per heavy atom. The number of carbonyl (C=O) groups excluding carboxylic acids is 2. The van der Waals surface area contributed by atoms with Crippen LogP contribution in [0.25, 0.3) is 0 Å². The molecule has 0 radical (unpaired) electrons. The van der Waals surface area contributed by atoms with Crippen LogP contribution in [0.5, 0.6) is 0 Å². The zero-order valence-corrected chi connectivity index (χ0v) is 13.3. The Hall–Kier alpha value is -1.26. The third-order valence-corrected chi connectivity index (χ3v) is 4.37. The number of amides is 1. The van der Waals surface area contributed by atoms with Gasteiger partial charge in [0.2, 0.25) is 5.91 Å². The highest BCUT2D eigenvalue weighted by atomic mass is 35.5. The van der Waals surface area contributed by atoms with Crippen LogP contribution >= 0.6 is 23.2 Å². The van der Waals surface area contributed by atoms with E-state index in [1.54, 1.807) is 23.1 Å². The molecule has 1 fully saturated rings. The molecule has 6 heteroatoms. The van der Waals surface area contributed by atoms with Crippen molar-refractivity contribution >= 4 is 35.1 Å². The fourth-order valence-electron chi connectivity index (χ4n) is 2.54. The largest absolute Gasteiger partial charge is 0.467 e. The van der Waals surface area contributed by atoms with Crippen LogP contribution in [0, 0.1) is 0 Å². The van der Waals surface area contributed by atoms with Gasteiger partial charge in [0.25, 0.3) is 0 Å². The highest BCUT2D eigenvalue weighted by Gasteiger charge is 2.32. The Kier molecular flexibility index (Phi) is 5.48. The van der Waals surface area contributed by atoms with Gasteiger partial charge < -0.3 is 9.64 Å². The van der Waals surface area contributed by atoms with Gasteiger partial charge in [0.15, 0.2) is 0 Å². The molecular weight excluding hydrogens is 313 g/mol. The first kappa shape index (κ1) is 16.1. The maximum Gasteiger partial charge on any atom is 0.328 e. The zero-order valence-electron chi connectivity index (χ0n) is 11.8. The molecule has 0 saturated carbocycles. The molecule has 21 heavy (non-hydrogen) atoms. The number of esters is 1.